The Bertz CT molecular complexity index is 647. The fourth-order valence-corrected chi connectivity index (χ4v) is 3.67. The lowest BCUT2D eigenvalue weighted by molar-refractivity contribution is -0.139. The molecule has 142 valence electrons. The molecular weight excluding hydrogens is 363 g/mol. The minimum absolute atomic E-state index is 0.0907. The van der Waals surface area contributed by atoms with E-state index < -0.39 is 40.6 Å². The molecule has 0 aromatic carbocycles. The molecule has 0 unspecified atom stereocenters. The van der Waals surface area contributed by atoms with Crippen LogP contribution >= 0.6 is 0 Å². The lowest BCUT2D eigenvalue weighted by Gasteiger charge is -2.29. The predicted molar refractivity (Wildman–Crippen MR) is 78.8 cm³/mol. The van der Waals surface area contributed by atoms with Crippen LogP contribution in [0.15, 0.2) is 0 Å². The van der Waals surface area contributed by atoms with Gasteiger partial charge in [-0.15, -0.1) is 4.28 Å². The predicted octanol–water partition coefficient (Wildman–Crippen LogP) is -1.26. The number of hydrogen-bond donors (Lipinski definition) is 3. The molecule has 3 amide bonds. The first-order valence-electron chi connectivity index (χ1n) is 7.80. The minimum Gasteiger partial charge on any atom is -0.309 e. The molecule has 3 N–H and O–H groups in total. The molecule has 11 nitrogen and oxygen atoms in total. The molecule has 0 radical (unpaired) electrons. The van der Waals surface area contributed by atoms with E-state index in [0.29, 0.717) is 17.9 Å². The van der Waals surface area contributed by atoms with Crippen LogP contribution in [0.4, 0.5) is 9.18 Å². The summed E-state index contributed by atoms with van der Waals surface area (Å²) in [5.74, 6) is -0.560. The van der Waals surface area contributed by atoms with Crippen LogP contribution in [0, 0.1) is 0 Å². The number of hydroxylamine groups is 3. The summed E-state index contributed by atoms with van der Waals surface area (Å²) in [5, 5.41) is 3.46. The first-order chi connectivity index (χ1) is 11.7. The van der Waals surface area contributed by atoms with E-state index in [9.17, 15) is 22.4 Å². The molecule has 0 aromatic rings. The highest BCUT2D eigenvalue weighted by atomic mass is 32.3. The van der Waals surface area contributed by atoms with Crippen LogP contribution in [0.1, 0.15) is 19.3 Å². The number of nitrogens with zero attached hydrogens (tertiary/aromatic N) is 2. The lowest BCUT2D eigenvalue weighted by atomic mass is 10.0. The smallest absolute Gasteiger partial charge is 0.309 e. The third-order valence-corrected chi connectivity index (χ3v) is 4.77. The van der Waals surface area contributed by atoms with E-state index in [1.807, 2.05) is 0 Å². The highest BCUT2D eigenvalue weighted by molar-refractivity contribution is 7.80. The average Bonchev–Trinajstić information content (AvgIpc) is 3.04. The largest absolute Gasteiger partial charge is 0.418 e. The summed E-state index contributed by atoms with van der Waals surface area (Å²) in [6, 6.07) is -2.43. The fourth-order valence-electron chi connectivity index (χ4n) is 3.28. The van der Waals surface area contributed by atoms with Crippen molar-refractivity contribution < 1.29 is 36.1 Å². The summed E-state index contributed by atoms with van der Waals surface area (Å²) in [4.78, 5) is 30.6. The molecule has 3 aliphatic heterocycles. The molecule has 0 aromatic heterocycles. The van der Waals surface area contributed by atoms with Crippen molar-refractivity contribution in [3.05, 3.63) is 0 Å². The average molecular weight is 382 g/mol. The maximum atomic E-state index is 13.0. The molecule has 0 aliphatic carbocycles. The topological polar surface area (TPSA) is 138 Å². The van der Waals surface area contributed by atoms with E-state index in [0.717, 1.165) is 4.90 Å². The summed E-state index contributed by atoms with van der Waals surface area (Å²) in [6.45, 7) is 0.436. The Morgan fingerprint density at radius 3 is 2.84 bits per heavy atom. The van der Waals surface area contributed by atoms with E-state index in [-0.39, 0.29) is 32.2 Å². The number of halogens is 1. The number of piperidine rings is 1. The zero-order valence-corrected chi connectivity index (χ0v) is 13.9. The van der Waals surface area contributed by atoms with Gasteiger partial charge in [0, 0.05) is 19.1 Å². The van der Waals surface area contributed by atoms with Crippen molar-refractivity contribution in [2.45, 2.75) is 43.6 Å². The molecular formula is C12H19FN4O7S. The highest BCUT2D eigenvalue weighted by Gasteiger charge is 2.49. The van der Waals surface area contributed by atoms with Gasteiger partial charge in [-0.3, -0.25) is 14.2 Å². The van der Waals surface area contributed by atoms with Gasteiger partial charge in [0.05, 0.1) is 12.6 Å². The molecule has 0 spiro atoms. The lowest BCUT2D eigenvalue weighted by Crippen LogP contribution is -2.50. The Morgan fingerprint density at radius 2 is 2.20 bits per heavy atom. The van der Waals surface area contributed by atoms with E-state index in [2.05, 4.69) is 15.1 Å². The molecule has 3 fully saturated rings. The summed E-state index contributed by atoms with van der Waals surface area (Å²) in [5.41, 5.74) is 2.24. The highest BCUT2D eigenvalue weighted by Crippen LogP contribution is 2.30. The van der Waals surface area contributed by atoms with Gasteiger partial charge in [-0.25, -0.2) is 14.7 Å². The van der Waals surface area contributed by atoms with E-state index >= 15 is 0 Å². The van der Waals surface area contributed by atoms with Gasteiger partial charge < -0.3 is 10.2 Å². The number of urea groups is 1. The van der Waals surface area contributed by atoms with Crippen molar-refractivity contribution in [2.75, 3.05) is 19.7 Å². The van der Waals surface area contributed by atoms with Gasteiger partial charge in [0.2, 0.25) is 0 Å². The van der Waals surface area contributed by atoms with Gasteiger partial charge in [0.1, 0.15) is 12.2 Å². The van der Waals surface area contributed by atoms with Gasteiger partial charge >= 0.3 is 16.4 Å². The third kappa shape index (κ3) is 4.17. The second kappa shape index (κ2) is 6.99. The second-order valence-electron chi connectivity index (χ2n) is 6.23. The van der Waals surface area contributed by atoms with Gasteiger partial charge in [-0.2, -0.15) is 13.5 Å². The number of fused-ring (bicyclic) bond motifs is 2. The van der Waals surface area contributed by atoms with Crippen LogP contribution < -0.4 is 10.8 Å². The molecule has 4 atom stereocenters. The summed E-state index contributed by atoms with van der Waals surface area (Å²) in [6.07, 6.45) is -0.0296. The summed E-state index contributed by atoms with van der Waals surface area (Å²) < 4.78 is 47.7. The number of rotatable bonds is 6. The maximum Gasteiger partial charge on any atom is 0.418 e. The van der Waals surface area contributed by atoms with Crippen LogP contribution in [0.25, 0.3) is 0 Å². The molecule has 2 bridgehead atoms. The molecule has 25 heavy (non-hydrogen) atoms. The third-order valence-electron chi connectivity index (χ3n) is 4.43. The van der Waals surface area contributed by atoms with Crippen molar-refractivity contribution in [3.63, 3.8) is 0 Å². The number of nitrogens with one attached hydrogen (secondary N) is 2. The van der Waals surface area contributed by atoms with Crippen LogP contribution in [0.2, 0.25) is 0 Å². The number of alkyl halides is 1. The van der Waals surface area contributed by atoms with Gasteiger partial charge in [-0.1, -0.05) is 0 Å². The van der Waals surface area contributed by atoms with Crippen LogP contribution in [0.3, 0.4) is 0 Å². The van der Waals surface area contributed by atoms with Crippen molar-refractivity contribution in [1.82, 2.24) is 20.8 Å². The number of amides is 3. The van der Waals surface area contributed by atoms with Gasteiger partial charge in [-0.05, 0) is 19.3 Å². The molecule has 3 rings (SSSR count). The van der Waals surface area contributed by atoms with Crippen LogP contribution in [-0.2, 0) is 24.3 Å². The summed E-state index contributed by atoms with van der Waals surface area (Å²) >= 11 is 0. The molecule has 13 heteroatoms. The first-order valence-corrected chi connectivity index (χ1v) is 9.17. The normalized spacial score (nSPS) is 32.3. The van der Waals surface area contributed by atoms with Crippen molar-refractivity contribution in [3.8, 4) is 0 Å². The Labute approximate surface area is 143 Å². The number of carbonyl (C=O) groups excluding carboxylic acids is 2. The van der Waals surface area contributed by atoms with Gasteiger partial charge in [0.15, 0.2) is 0 Å². The second-order valence-corrected chi connectivity index (χ2v) is 7.23. The van der Waals surface area contributed by atoms with Crippen LogP contribution in [0.5, 0.6) is 0 Å². The number of hydrogen-bond acceptors (Lipinski definition) is 7. The minimum atomic E-state index is -4.83. The Balaban J connectivity index is 1.52. The Hall–Kier alpha value is -1.54. The standard InChI is InChI=1S/C12H19FN4O7S/c13-7-3-8(14-4-7)6-23-15-11(18)10-2-1-9-5-16(10)12(19)17(9)24-25(20,21)22/h7-10,14H,1-6H2,(H,15,18)(H,20,21,22)/t7-,8-,9+,10-/m0/s1. The Morgan fingerprint density at radius 1 is 1.44 bits per heavy atom. The monoisotopic (exact) mass is 382 g/mol. The van der Waals surface area contributed by atoms with E-state index in [1.165, 1.54) is 0 Å². The SMILES string of the molecule is O=C(NOC[C@@H]1C[C@H](F)CN1)[C@@H]1CC[C@@H]2CN1C(=O)N2OS(=O)(=O)O. The van der Waals surface area contributed by atoms with Gasteiger partial charge in [0.25, 0.3) is 5.91 Å². The first kappa shape index (κ1) is 18.3. The molecule has 3 saturated heterocycles. The summed E-state index contributed by atoms with van der Waals surface area (Å²) in [7, 11) is -4.83. The van der Waals surface area contributed by atoms with E-state index in [4.69, 9.17) is 9.39 Å². The molecule has 0 saturated carbocycles. The zero-order chi connectivity index (χ0) is 18.2. The van der Waals surface area contributed by atoms with Crippen molar-refractivity contribution >= 4 is 22.3 Å². The Kier molecular flexibility index (Phi) is 5.11. The maximum absolute atomic E-state index is 13.0. The molecule has 3 aliphatic rings. The quantitative estimate of drug-likeness (QED) is 0.382. The van der Waals surface area contributed by atoms with Crippen LogP contribution in [-0.4, -0.2) is 78.9 Å². The fraction of sp³-hybridized carbons (Fsp3) is 0.833. The number of carbonyl (C=O) groups is 2. The zero-order valence-electron chi connectivity index (χ0n) is 13.1. The van der Waals surface area contributed by atoms with Crippen molar-refractivity contribution in [1.29, 1.82) is 0 Å². The van der Waals surface area contributed by atoms with E-state index in [1.54, 1.807) is 0 Å². The molecule has 3 heterocycles. The van der Waals surface area contributed by atoms with Crippen molar-refractivity contribution in [2.24, 2.45) is 0 Å².